The average Bonchev–Trinajstić information content (AvgIpc) is 3.10. The molecule has 1 unspecified atom stereocenters. The summed E-state index contributed by atoms with van der Waals surface area (Å²) < 4.78 is 29.4. The van der Waals surface area contributed by atoms with Crippen molar-refractivity contribution in [1.82, 2.24) is 9.13 Å². The molecule has 1 atom stereocenters. The van der Waals surface area contributed by atoms with E-state index in [1.54, 1.807) is 7.05 Å². The lowest BCUT2D eigenvalue weighted by molar-refractivity contribution is 0.0951. The maximum atomic E-state index is 13.2. The number of aromatic nitrogens is 2. The molecule has 0 amide bonds. The molecule has 0 saturated heterocycles. The molecular weight excluding hydrogens is 298 g/mol. The summed E-state index contributed by atoms with van der Waals surface area (Å²) in [5.74, 6) is -3.34. The molecule has 1 aromatic heterocycles. The van der Waals surface area contributed by atoms with Crippen LogP contribution in [0.25, 0.3) is 22.2 Å². The molecule has 1 fully saturated rings. The van der Waals surface area contributed by atoms with Gasteiger partial charge in [0.1, 0.15) is 0 Å². The van der Waals surface area contributed by atoms with E-state index in [1.165, 1.54) is 9.13 Å². The van der Waals surface area contributed by atoms with E-state index in [0.717, 1.165) is 16.6 Å². The smallest absolute Gasteiger partial charge is 0.295 e. The predicted octanol–water partition coefficient (Wildman–Crippen LogP) is 3.66. The van der Waals surface area contributed by atoms with Crippen molar-refractivity contribution < 1.29 is 8.78 Å². The molecule has 1 aliphatic rings. The second kappa shape index (κ2) is 4.78. The van der Waals surface area contributed by atoms with Crippen molar-refractivity contribution in [1.29, 1.82) is 0 Å². The summed E-state index contributed by atoms with van der Waals surface area (Å²) in [5.41, 5.74) is 3.29. The van der Waals surface area contributed by atoms with Crippen molar-refractivity contribution in [2.24, 2.45) is 13.0 Å². The highest BCUT2D eigenvalue weighted by Crippen LogP contribution is 2.49. The molecule has 0 aliphatic heterocycles. The number of imidazole rings is 1. The van der Waals surface area contributed by atoms with Gasteiger partial charge in [-0.3, -0.25) is 9.13 Å². The molecule has 5 heteroatoms. The van der Waals surface area contributed by atoms with Crippen molar-refractivity contribution in [3.05, 3.63) is 59.0 Å². The lowest BCUT2D eigenvalue weighted by atomic mass is 10.1. The zero-order chi connectivity index (χ0) is 16.2. The summed E-state index contributed by atoms with van der Waals surface area (Å²) in [6.07, 6.45) is -0.127. The zero-order valence-electron chi connectivity index (χ0n) is 12.7. The maximum absolute atomic E-state index is 13.2. The number of hydrogen-bond donors (Lipinski definition) is 0. The third-order valence-electron chi connectivity index (χ3n) is 4.61. The van der Waals surface area contributed by atoms with Crippen LogP contribution in [0.15, 0.2) is 53.3 Å². The number of benzene rings is 2. The summed E-state index contributed by atoms with van der Waals surface area (Å²) >= 11 is 0. The first-order valence-electron chi connectivity index (χ1n) is 7.60. The van der Waals surface area contributed by atoms with Gasteiger partial charge in [0.2, 0.25) is 0 Å². The molecule has 1 heterocycles. The van der Waals surface area contributed by atoms with Crippen LogP contribution >= 0.6 is 0 Å². The summed E-state index contributed by atoms with van der Waals surface area (Å²) in [6.45, 7) is 0.0772. The number of fused-ring (bicyclic) bond motifs is 1. The minimum Gasteiger partial charge on any atom is -0.295 e. The van der Waals surface area contributed by atoms with E-state index in [2.05, 4.69) is 0 Å². The van der Waals surface area contributed by atoms with E-state index in [-0.39, 0.29) is 18.7 Å². The Balaban J connectivity index is 1.81. The number of rotatable bonds is 3. The largest absolute Gasteiger partial charge is 0.328 e. The highest BCUT2D eigenvalue weighted by Gasteiger charge is 2.56. The van der Waals surface area contributed by atoms with Gasteiger partial charge < -0.3 is 0 Å². The minimum atomic E-state index is -2.62. The fraction of sp³-hybridized carbons (Fsp3) is 0.278. The second-order valence-electron chi connectivity index (χ2n) is 6.18. The van der Waals surface area contributed by atoms with Crippen molar-refractivity contribution in [2.75, 3.05) is 0 Å². The molecule has 3 aromatic rings. The van der Waals surface area contributed by atoms with Crippen LogP contribution in [-0.4, -0.2) is 15.1 Å². The standard InChI is InChI=1S/C18H16F2N2O/c1-21-16-9-13(12-5-3-2-4-6-12)7-8-15(16)22(17(21)23)11-14-10-18(14,19)20/h2-9,14H,10-11H2,1H3. The Labute approximate surface area is 131 Å². The second-order valence-corrected chi connectivity index (χ2v) is 6.18. The van der Waals surface area contributed by atoms with Crippen LogP contribution in [0.1, 0.15) is 6.42 Å². The first-order chi connectivity index (χ1) is 11.0. The van der Waals surface area contributed by atoms with Crippen LogP contribution in [0.4, 0.5) is 8.78 Å². The van der Waals surface area contributed by atoms with Gasteiger partial charge in [-0.2, -0.15) is 0 Å². The SMILES string of the molecule is Cn1c(=O)n(CC2CC2(F)F)c2ccc(-c3ccccc3)cc21. The van der Waals surface area contributed by atoms with Gasteiger partial charge >= 0.3 is 5.69 Å². The number of aryl methyl sites for hydroxylation is 1. The fourth-order valence-electron chi connectivity index (χ4n) is 3.08. The maximum Gasteiger partial charge on any atom is 0.328 e. The van der Waals surface area contributed by atoms with E-state index in [1.807, 2.05) is 48.5 Å². The first-order valence-corrected chi connectivity index (χ1v) is 7.60. The number of hydrogen-bond acceptors (Lipinski definition) is 1. The first kappa shape index (κ1) is 14.2. The minimum absolute atomic E-state index is 0.0772. The van der Waals surface area contributed by atoms with E-state index in [0.29, 0.717) is 5.52 Å². The van der Waals surface area contributed by atoms with Crippen molar-refractivity contribution >= 4 is 11.0 Å². The molecule has 118 valence electrons. The summed E-state index contributed by atoms with van der Waals surface area (Å²) in [4.78, 5) is 12.4. The summed E-state index contributed by atoms with van der Waals surface area (Å²) in [6, 6.07) is 15.6. The highest BCUT2D eigenvalue weighted by atomic mass is 19.3. The van der Waals surface area contributed by atoms with Gasteiger partial charge in [-0.05, 0) is 23.3 Å². The Morgan fingerprint density at radius 2 is 1.78 bits per heavy atom. The van der Waals surface area contributed by atoms with Crippen LogP contribution in [0, 0.1) is 5.92 Å². The quantitative estimate of drug-likeness (QED) is 0.725. The molecule has 1 saturated carbocycles. The molecule has 0 N–H and O–H groups in total. The third kappa shape index (κ3) is 2.27. The lowest BCUT2D eigenvalue weighted by Crippen LogP contribution is -2.23. The van der Waals surface area contributed by atoms with Crippen molar-refractivity contribution in [3.8, 4) is 11.1 Å². The van der Waals surface area contributed by atoms with Gasteiger partial charge in [0, 0.05) is 25.9 Å². The lowest BCUT2D eigenvalue weighted by Gasteiger charge is -2.04. The molecule has 3 nitrogen and oxygen atoms in total. The predicted molar refractivity (Wildman–Crippen MR) is 85.7 cm³/mol. The zero-order valence-corrected chi connectivity index (χ0v) is 12.7. The Hall–Kier alpha value is -2.43. The van der Waals surface area contributed by atoms with Crippen LogP contribution in [-0.2, 0) is 13.6 Å². The van der Waals surface area contributed by atoms with Gasteiger partial charge in [-0.15, -0.1) is 0 Å². The van der Waals surface area contributed by atoms with E-state index in [4.69, 9.17) is 0 Å². The molecule has 1 aliphatic carbocycles. The van der Waals surface area contributed by atoms with Crippen LogP contribution in [0.3, 0.4) is 0 Å². The van der Waals surface area contributed by atoms with Gasteiger partial charge in [0.05, 0.1) is 11.0 Å². The van der Waals surface area contributed by atoms with Crippen LogP contribution in [0.5, 0.6) is 0 Å². The van der Waals surface area contributed by atoms with Gasteiger partial charge in [0.15, 0.2) is 0 Å². The third-order valence-corrected chi connectivity index (χ3v) is 4.61. The molecule has 0 bridgehead atoms. The average molecular weight is 314 g/mol. The molecule has 2 aromatic carbocycles. The Kier molecular flexibility index (Phi) is 2.95. The number of nitrogens with zero attached hydrogens (tertiary/aromatic N) is 2. The monoisotopic (exact) mass is 314 g/mol. The number of halogens is 2. The summed E-state index contributed by atoms with van der Waals surface area (Å²) in [7, 11) is 1.68. The molecule has 4 rings (SSSR count). The normalized spacial score (nSPS) is 19.2. The Bertz CT molecular complexity index is 941. The topological polar surface area (TPSA) is 26.9 Å². The van der Waals surface area contributed by atoms with E-state index >= 15 is 0 Å². The van der Waals surface area contributed by atoms with E-state index < -0.39 is 11.8 Å². The Morgan fingerprint density at radius 1 is 1.09 bits per heavy atom. The molecular formula is C18H16F2N2O. The summed E-state index contributed by atoms with van der Waals surface area (Å²) in [5, 5.41) is 0. The van der Waals surface area contributed by atoms with Gasteiger partial charge in [-0.1, -0.05) is 36.4 Å². The number of alkyl halides is 2. The molecule has 0 spiro atoms. The van der Waals surface area contributed by atoms with Crippen molar-refractivity contribution in [2.45, 2.75) is 18.9 Å². The van der Waals surface area contributed by atoms with Gasteiger partial charge in [0.25, 0.3) is 5.92 Å². The van der Waals surface area contributed by atoms with Crippen LogP contribution in [0.2, 0.25) is 0 Å². The fourth-order valence-corrected chi connectivity index (χ4v) is 3.08. The van der Waals surface area contributed by atoms with Gasteiger partial charge in [-0.25, -0.2) is 13.6 Å². The Morgan fingerprint density at radius 3 is 2.43 bits per heavy atom. The van der Waals surface area contributed by atoms with E-state index in [9.17, 15) is 13.6 Å². The highest BCUT2D eigenvalue weighted by molar-refractivity contribution is 5.82. The molecule has 0 radical (unpaired) electrons. The van der Waals surface area contributed by atoms with Crippen LogP contribution < -0.4 is 5.69 Å². The molecule has 23 heavy (non-hydrogen) atoms. The van der Waals surface area contributed by atoms with Crippen molar-refractivity contribution in [3.63, 3.8) is 0 Å².